The Labute approximate surface area is 181 Å². The standard InChI is InChI=1S/C22H26N6O3/c1-27-13-16(12-24-27)19-6-8-23-22(26-19)28-9-7-17(14-28)25-21(29)10-15-4-5-18(30-2)11-20(15)31-3/h4-6,8,11-13,17H,7,9-10,14H2,1-3H3,(H,25,29). The molecule has 1 aliphatic rings. The fraction of sp³-hybridized carbons (Fsp3) is 0.364. The minimum atomic E-state index is -0.0413. The summed E-state index contributed by atoms with van der Waals surface area (Å²) in [4.78, 5) is 23.8. The Hall–Kier alpha value is -3.62. The molecule has 31 heavy (non-hydrogen) atoms. The Balaban J connectivity index is 1.37. The first-order chi connectivity index (χ1) is 15.1. The van der Waals surface area contributed by atoms with Crippen molar-refractivity contribution in [2.45, 2.75) is 18.9 Å². The molecule has 1 fully saturated rings. The minimum absolute atomic E-state index is 0.0413. The van der Waals surface area contributed by atoms with Crippen LogP contribution in [0.15, 0.2) is 42.9 Å². The first-order valence-electron chi connectivity index (χ1n) is 10.1. The molecule has 162 valence electrons. The number of aromatic nitrogens is 4. The molecule has 2 aromatic heterocycles. The van der Waals surface area contributed by atoms with Gasteiger partial charge < -0.3 is 19.7 Å². The van der Waals surface area contributed by atoms with Crippen LogP contribution in [0.1, 0.15) is 12.0 Å². The van der Waals surface area contributed by atoms with Crippen LogP contribution in [0.25, 0.3) is 11.3 Å². The van der Waals surface area contributed by atoms with E-state index in [1.807, 2.05) is 31.4 Å². The second kappa shape index (κ2) is 9.03. The SMILES string of the molecule is COc1ccc(CC(=O)NC2CCN(c3nccc(-c4cnn(C)c4)n3)C2)c(OC)c1. The summed E-state index contributed by atoms with van der Waals surface area (Å²) in [6, 6.07) is 7.39. The highest BCUT2D eigenvalue weighted by Gasteiger charge is 2.26. The summed E-state index contributed by atoms with van der Waals surface area (Å²) >= 11 is 0. The lowest BCUT2D eigenvalue weighted by Gasteiger charge is -2.17. The highest BCUT2D eigenvalue weighted by Crippen LogP contribution is 2.25. The number of benzene rings is 1. The van der Waals surface area contributed by atoms with Gasteiger partial charge in [-0.25, -0.2) is 9.97 Å². The third-order valence-corrected chi connectivity index (χ3v) is 5.32. The Morgan fingerprint density at radius 3 is 2.87 bits per heavy atom. The molecule has 9 nitrogen and oxygen atoms in total. The molecule has 1 amide bonds. The van der Waals surface area contributed by atoms with Crippen LogP contribution in [0.4, 0.5) is 5.95 Å². The summed E-state index contributed by atoms with van der Waals surface area (Å²) in [6.07, 6.45) is 6.55. The lowest BCUT2D eigenvalue weighted by atomic mass is 10.1. The second-order valence-electron chi connectivity index (χ2n) is 7.50. The molecule has 0 radical (unpaired) electrons. The van der Waals surface area contributed by atoms with E-state index in [4.69, 9.17) is 9.47 Å². The summed E-state index contributed by atoms with van der Waals surface area (Å²) in [5.74, 6) is 1.96. The predicted molar refractivity (Wildman–Crippen MR) is 116 cm³/mol. The van der Waals surface area contributed by atoms with Crippen LogP contribution in [0.5, 0.6) is 11.5 Å². The van der Waals surface area contributed by atoms with E-state index < -0.39 is 0 Å². The number of methoxy groups -OCH3 is 2. The molecule has 1 aliphatic heterocycles. The van der Waals surface area contributed by atoms with Gasteiger partial charge in [-0.05, 0) is 18.6 Å². The van der Waals surface area contributed by atoms with Crippen LogP contribution in [0.3, 0.4) is 0 Å². The number of carbonyl (C=O) groups is 1. The third-order valence-electron chi connectivity index (χ3n) is 5.32. The van der Waals surface area contributed by atoms with E-state index in [0.717, 1.165) is 29.8 Å². The van der Waals surface area contributed by atoms with E-state index in [1.54, 1.807) is 37.4 Å². The van der Waals surface area contributed by atoms with Crippen LogP contribution in [-0.4, -0.2) is 59.0 Å². The molecule has 0 saturated carbocycles. The van der Waals surface area contributed by atoms with E-state index in [9.17, 15) is 4.79 Å². The van der Waals surface area contributed by atoms with Crippen LogP contribution in [-0.2, 0) is 18.3 Å². The lowest BCUT2D eigenvalue weighted by Crippen LogP contribution is -2.38. The molecule has 1 saturated heterocycles. The number of nitrogens with zero attached hydrogens (tertiary/aromatic N) is 5. The van der Waals surface area contributed by atoms with Gasteiger partial charge in [0.15, 0.2) is 0 Å². The lowest BCUT2D eigenvalue weighted by molar-refractivity contribution is -0.121. The van der Waals surface area contributed by atoms with Crippen molar-refractivity contribution in [3.05, 3.63) is 48.4 Å². The van der Waals surface area contributed by atoms with E-state index >= 15 is 0 Å². The molecule has 9 heteroatoms. The van der Waals surface area contributed by atoms with Crippen molar-refractivity contribution in [3.63, 3.8) is 0 Å². The van der Waals surface area contributed by atoms with Crippen molar-refractivity contribution >= 4 is 11.9 Å². The van der Waals surface area contributed by atoms with Gasteiger partial charge in [0.2, 0.25) is 11.9 Å². The van der Waals surface area contributed by atoms with Crippen molar-refractivity contribution in [1.82, 2.24) is 25.1 Å². The van der Waals surface area contributed by atoms with Crippen molar-refractivity contribution in [2.75, 3.05) is 32.2 Å². The van der Waals surface area contributed by atoms with Gasteiger partial charge in [0.25, 0.3) is 0 Å². The summed E-state index contributed by atoms with van der Waals surface area (Å²) in [5.41, 5.74) is 2.60. The molecule has 3 heterocycles. The number of amides is 1. The maximum atomic E-state index is 12.6. The largest absolute Gasteiger partial charge is 0.497 e. The number of ether oxygens (including phenoxy) is 2. The molecular formula is C22H26N6O3. The normalized spacial score (nSPS) is 15.7. The fourth-order valence-corrected chi connectivity index (χ4v) is 3.72. The van der Waals surface area contributed by atoms with Crippen molar-refractivity contribution in [1.29, 1.82) is 0 Å². The molecule has 0 bridgehead atoms. The number of hydrogen-bond acceptors (Lipinski definition) is 7. The fourth-order valence-electron chi connectivity index (χ4n) is 3.72. The summed E-state index contributed by atoms with van der Waals surface area (Å²) in [6.45, 7) is 1.45. The number of carbonyl (C=O) groups excluding carboxylic acids is 1. The average Bonchev–Trinajstić information content (AvgIpc) is 3.43. The minimum Gasteiger partial charge on any atom is -0.497 e. The number of nitrogens with one attached hydrogen (secondary N) is 1. The number of rotatable bonds is 7. The smallest absolute Gasteiger partial charge is 0.225 e. The van der Waals surface area contributed by atoms with Gasteiger partial charge in [-0.3, -0.25) is 9.48 Å². The first-order valence-corrected chi connectivity index (χ1v) is 10.1. The number of aryl methyl sites for hydroxylation is 1. The summed E-state index contributed by atoms with van der Waals surface area (Å²) in [5, 5.41) is 7.32. The van der Waals surface area contributed by atoms with Gasteiger partial charge in [-0.15, -0.1) is 0 Å². The summed E-state index contributed by atoms with van der Waals surface area (Å²) < 4.78 is 12.4. The Morgan fingerprint density at radius 2 is 2.13 bits per heavy atom. The average molecular weight is 422 g/mol. The van der Waals surface area contributed by atoms with Crippen LogP contribution in [0, 0.1) is 0 Å². The van der Waals surface area contributed by atoms with E-state index in [-0.39, 0.29) is 18.4 Å². The molecule has 1 N–H and O–H groups in total. The van der Waals surface area contributed by atoms with Crippen LogP contribution >= 0.6 is 0 Å². The van der Waals surface area contributed by atoms with E-state index in [2.05, 4.69) is 25.3 Å². The molecule has 0 aliphatic carbocycles. The van der Waals surface area contributed by atoms with Gasteiger partial charge in [-0.1, -0.05) is 6.07 Å². The molecule has 1 aromatic carbocycles. The Kier molecular flexibility index (Phi) is 6.01. The molecule has 1 atom stereocenters. The first kappa shape index (κ1) is 20.6. The van der Waals surface area contributed by atoms with Crippen molar-refractivity contribution in [3.8, 4) is 22.8 Å². The second-order valence-corrected chi connectivity index (χ2v) is 7.50. The number of anilines is 1. The maximum Gasteiger partial charge on any atom is 0.225 e. The zero-order chi connectivity index (χ0) is 21.8. The van der Waals surface area contributed by atoms with Gasteiger partial charge in [-0.2, -0.15) is 5.10 Å². The van der Waals surface area contributed by atoms with E-state index in [1.165, 1.54) is 0 Å². The maximum absolute atomic E-state index is 12.6. The molecular weight excluding hydrogens is 396 g/mol. The van der Waals surface area contributed by atoms with Crippen LogP contribution in [0.2, 0.25) is 0 Å². The third kappa shape index (κ3) is 4.76. The highest BCUT2D eigenvalue weighted by molar-refractivity contribution is 5.80. The van der Waals surface area contributed by atoms with Crippen molar-refractivity contribution in [2.24, 2.45) is 7.05 Å². The topological polar surface area (TPSA) is 94.4 Å². The quantitative estimate of drug-likeness (QED) is 0.621. The van der Waals surface area contributed by atoms with E-state index in [0.29, 0.717) is 24.0 Å². The number of hydrogen-bond donors (Lipinski definition) is 1. The van der Waals surface area contributed by atoms with Gasteiger partial charge in [0.05, 0.1) is 32.5 Å². The Bertz CT molecular complexity index is 1070. The highest BCUT2D eigenvalue weighted by atomic mass is 16.5. The van der Waals surface area contributed by atoms with Crippen LogP contribution < -0.4 is 19.7 Å². The van der Waals surface area contributed by atoms with Gasteiger partial charge in [0, 0.05) is 55.8 Å². The molecule has 1 unspecified atom stereocenters. The monoisotopic (exact) mass is 422 g/mol. The predicted octanol–water partition coefficient (Wildman–Crippen LogP) is 1.83. The zero-order valence-corrected chi connectivity index (χ0v) is 17.9. The van der Waals surface area contributed by atoms with Gasteiger partial charge in [0.1, 0.15) is 11.5 Å². The van der Waals surface area contributed by atoms with Gasteiger partial charge >= 0.3 is 0 Å². The molecule has 3 aromatic rings. The molecule has 4 rings (SSSR count). The Morgan fingerprint density at radius 1 is 1.26 bits per heavy atom. The molecule has 0 spiro atoms. The van der Waals surface area contributed by atoms with Crippen molar-refractivity contribution < 1.29 is 14.3 Å². The summed E-state index contributed by atoms with van der Waals surface area (Å²) in [7, 11) is 5.06. The zero-order valence-electron chi connectivity index (χ0n) is 17.9.